The fourth-order valence-corrected chi connectivity index (χ4v) is 2.10. The number of aryl methyl sites for hydroxylation is 1. The molecule has 2 rings (SSSR count). The third-order valence-corrected chi connectivity index (χ3v) is 3.30. The second-order valence-electron chi connectivity index (χ2n) is 5.30. The average Bonchev–Trinajstić information content (AvgIpc) is 2.49. The highest BCUT2D eigenvalue weighted by Crippen LogP contribution is 2.10. The minimum atomic E-state index is -0.203. The van der Waals surface area contributed by atoms with Gasteiger partial charge in [0.1, 0.15) is 11.6 Å². The molecular formula is C17H23FN4. The van der Waals surface area contributed by atoms with E-state index in [1.54, 1.807) is 12.1 Å². The van der Waals surface area contributed by atoms with Gasteiger partial charge in [0, 0.05) is 24.8 Å². The van der Waals surface area contributed by atoms with Crippen molar-refractivity contribution in [2.75, 3.05) is 23.7 Å². The molecule has 0 unspecified atom stereocenters. The third kappa shape index (κ3) is 5.31. The first-order valence-corrected chi connectivity index (χ1v) is 7.75. The number of aromatic nitrogens is 2. The van der Waals surface area contributed by atoms with Crippen LogP contribution in [0.25, 0.3) is 0 Å². The number of hydrogen-bond donors (Lipinski definition) is 2. The second-order valence-corrected chi connectivity index (χ2v) is 5.30. The zero-order valence-electron chi connectivity index (χ0n) is 13.2. The molecule has 0 aliphatic carbocycles. The molecule has 1 aromatic carbocycles. The van der Waals surface area contributed by atoms with E-state index in [0.29, 0.717) is 5.95 Å². The molecule has 0 bridgehead atoms. The maximum absolute atomic E-state index is 12.9. The predicted octanol–water partition coefficient (Wildman–Crippen LogP) is 3.79. The summed E-state index contributed by atoms with van der Waals surface area (Å²) in [5.74, 6) is 1.28. The van der Waals surface area contributed by atoms with Crippen LogP contribution in [0, 0.1) is 12.7 Å². The van der Waals surface area contributed by atoms with Crippen LogP contribution in [0.15, 0.2) is 30.3 Å². The van der Waals surface area contributed by atoms with Crippen molar-refractivity contribution in [2.24, 2.45) is 0 Å². The molecule has 0 saturated heterocycles. The maximum Gasteiger partial charge on any atom is 0.224 e. The fourth-order valence-electron chi connectivity index (χ4n) is 2.10. The Labute approximate surface area is 131 Å². The van der Waals surface area contributed by atoms with Crippen LogP contribution in [0.4, 0.5) is 16.2 Å². The lowest BCUT2D eigenvalue weighted by Gasteiger charge is -2.10. The lowest BCUT2D eigenvalue weighted by Crippen LogP contribution is -2.10. The summed E-state index contributed by atoms with van der Waals surface area (Å²) in [5.41, 5.74) is 2.03. The minimum Gasteiger partial charge on any atom is -0.370 e. The second kappa shape index (κ2) is 8.32. The number of unbranched alkanes of at least 4 members (excludes halogenated alkanes) is 1. The fraction of sp³-hybridized carbons (Fsp3) is 0.412. The number of hydrogen-bond acceptors (Lipinski definition) is 4. The summed E-state index contributed by atoms with van der Waals surface area (Å²) in [4.78, 5) is 8.84. The van der Waals surface area contributed by atoms with E-state index in [-0.39, 0.29) is 5.82 Å². The first-order valence-electron chi connectivity index (χ1n) is 7.75. The van der Waals surface area contributed by atoms with E-state index >= 15 is 0 Å². The van der Waals surface area contributed by atoms with Crippen molar-refractivity contribution in [3.8, 4) is 0 Å². The molecular weight excluding hydrogens is 279 g/mol. The summed E-state index contributed by atoms with van der Waals surface area (Å²) < 4.78 is 12.9. The molecule has 0 aliphatic rings. The summed E-state index contributed by atoms with van der Waals surface area (Å²) in [6.07, 6.45) is 3.06. The molecule has 0 amide bonds. The van der Waals surface area contributed by atoms with E-state index in [1.165, 1.54) is 12.1 Å². The SMILES string of the molecule is CCCCNc1nc(C)cc(NCCc2ccc(F)cc2)n1. The smallest absolute Gasteiger partial charge is 0.224 e. The summed E-state index contributed by atoms with van der Waals surface area (Å²) in [6.45, 7) is 5.74. The first-order chi connectivity index (χ1) is 10.7. The number of rotatable bonds is 8. The van der Waals surface area contributed by atoms with Crippen molar-refractivity contribution in [1.82, 2.24) is 9.97 Å². The molecule has 0 fully saturated rings. The predicted molar refractivity (Wildman–Crippen MR) is 88.8 cm³/mol. The van der Waals surface area contributed by atoms with Gasteiger partial charge in [-0.1, -0.05) is 25.5 Å². The van der Waals surface area contributed by atoms with E-state index in [2.05, 4.69) is 27.5 Å². The molecule has 5 heteroatoms. The van der Waals surface area contributed by atoms with Gasteiger partial charge < -0.3 is 10.6 Å². The molecule has 2 N–H and O–H groups in total. The molecule has 0 spiro atoms. The highest BCUT2D eigenvalue weighted by Gasteiger charge is 2.02. The van der Waals surface area contributed by atoms with E-state index in [1.807, 2.05) is 13.0 Å². The van der Waals surface area contributed by atoms with Crippen molar-refractivity contribution in [1.29, 1.82) is 0 Å². The Bertz CT molecular complexity index is 584. The molecule has 0 aliphatic heterocycles. The molecule has 1 heterocycles. The Morgan fingerprint density at radius 3 is 2.55 bits per heavy atom. The zero-order chi connectivity index (χ0) is 15.8. The highest BCUT2D eigenvalue weighted by molar-refractivity contribution is 5.42. The van der Waals surface area contributed by atoms with Gasteiger partial charge in [0.2, 0.25) is 5.95 Å². The van der Waals surface area contributed by atoms with Gasteiger partial charge in [0.15, 0.2) is 0 Å². The van der Waals surface area contributed by atoms with Gasteiger partial charge in [0.05, 0.1) is 0 Å². The van der Waals surface area contributed by atoms with E-state index in [9.17, 15) is 4.39 Å². The number of nitrogens with zero attached hydrogens (tertiary/aromatic N) is 2. The van der Waals surface area contributed by atoms with E-state index in [4.69, 9.17) is 0 Å². The van der Waals surface area contributed by atoms with Crippen LogP contribution in [0.5, 0.6) is 0 Å². The summed E-state index contributed by atoms with van der Waals surface area (Å²) >= 11 is 0. The monoisotopic (exact) mass is 302 g/mol. The quantitative estimate of drug-likeness (QED) is 0.728. The Kier molecular flexibility index (Phi) is 6.13. The van der Waals surface area contributed by atoms with Gasteiger partial charge >= 0.3 is 0 Å². The molecule has 4 nitrogen and oxygen atoms in total. The maximum atomic E-state index is 12.9. The normalized spacial score (nSPS) is 10.5. The number of halogens is 1. The van der Waals surface area contributed by atoms with Gasteiger partial charge in [-0.15, -0.1) is 0 Å². The van der Waals surface area contributed by atoms with E-state index in [0.717, 1.165) is 49.4 Å². The van der Waals surface area contributed by atoms with Crippen LogP contribution in [0.3, 0.4) is 0 Å². The lowest BCUT2D eigenvalue weighted by atomic mass is 10.1. The molecule has 2 aromatic rings. The summed E-state index contributed by atoms with van der Waals surface area (Å²) in [6, 6.07) is 8.51. The van der Waals surface area contributed by atoms with Crippen molar-refractivity contribution in [2.45, 2.75) is 33.1 Å². The standard InChI is InChI=1S/C17H23FN4/c1-3-4-10-20-17-21-13(2)12-16(22-17)19-11-9-14-5-7-15(18)8-6-14/h5-8,12H,3-4,9-11H2,1-2H3,(H2,19,20,21,22). The van der Waals surface area contributed by atoms with Gasteiger partial charge in [-0.2, -0.15) is 4.98 Å². The zero-order valence-corrected chi connectivity index (χ0v) is 13.2. The largest absolute Gasteiger partial charge is 0.370 e. The Morgan fingerprint density at radius 2 is 1.82 bits per heavy atom. The molecule has 0 saturated carbocycles. The van der Waals surface area contributed by atoms with Crippen LogP contribution in [0.1, 0.15) is 31.0 Å². The molecule has 22 heavy (non-hydrogen) atoms. The van der Waals surface area contributed by atoms with Crippen LogP contribution in [0.2, 0.25) is 0 Å². The topological polar surface area (TPSA) is 49.8 Å². The number of anilines is 2. The summed E-state index contributed by atoms with van der Waals surface area (Å²) in [7, 11) is 0. The molecule has 0 radical (unpaired) electrons. The van der Waals surface area contributed by atoms with Crippen molar-refractivity contribution < 1.29 is 4.39 Å². The van der Waals surface area contributed by atoms with Crippen LogP contribution >= 0.6 is 0 Å². The lowest BCUT2D eigenvalue weighted by molar-refractivity contribution is 0.627. The summed E-state index contributed by atoms with van der Waals surface area (Å²) in [5, 5.41) is 6.53. The van der Waals surface area contributed by atoms with Gasteiger partial charge in [-0.25, -0.2) is 9.37 Å². The van der Waals surface area contributed by atoms with Gasteiger partial charge in [-0.05, 0) is 37.5 Å². The first kappa shape index (κ1) is 16.2. The number of benzene rings is 1. The number of nitrogens with one attached hydrogen (secondary N) is 2. The van der Waals surface area contributed by atoms with Gasteiger partial charge in [0.25, 0.3) is 0 Å². The minimum absolute atomic E-state index is 0.203. The Balaban J connectivity index is 1.87. The van der Waals surface area contributed by atoms with E-state index < -0.39 is 0 Å². The van der Waals surface area contributed by atoms with Crippen LogP contribution < -0.4 is 10.6 Å². The Hall–Kier alpha value is -2.17. The van der Waals surface area contributed by atoms with Crippen LogP contribution in [-0.2, 0) is 6.42 Å². The molecule has 1 aromatic heterocycles. The highest BCUT2D eigenvalue weighted by atomic mass is 19.1. The van der Waals surface area contributed by atoms with Gasteiger partial charge in [-0.3, -0.25) is 0 Å². The molecule has 0 atom stereocenters. The third-order valence-electron chi connectivity index (χ3n) is 3.30. The Morgan fingerprint density at radius 1 is 1.05 bits per heavy atom. The molecule has 118 valence electrons. The van der Waals surface area contributed by atoms with Crippen molar-refractivity contribution in [3.05, 3.63) is 47.4 Å². The van der Waals surface area contributed by atoms with Crippen LogP contribution in [-0.4, -0.2) is 23.1 Å². The van der Waals surface area contributed by atoms with Crippen molar-refractivity contribution >= 4 is 11.8 Å². The average molecular weight is 302 g/mol. The van der Waals surface area contributed by atoms with Crippen molar-refractivity contribution in [3.63, 3.8) is 0 Å².